The zero-order chi connectivity index (χ0) is 15.4. The first-order chi connectivity index (χ1) is 10.0. The van der Waals surface area contributed by atoms with Crippen molar-refractivity contribution in [1.82, 2.24) is 5.48 Å². The Hall–Kier alpha value is -2.38. The summed E-state index contributed by atoms with van der Waals surface area (Å²) in [5.41, 5.74) is 3.24. The second-order valence-electron chi connectivity index (χ2n) is 4.50. The highest BCUT2D eigenvalue weighted by Crippen LogP contribution is 2.20. The third-order valence-electron chi connectivity index (χ3n) is 2.80. The van der Waals surface area contributed by atoms with Crippen molar-refractivity contribution in [3.63, 3.8) is 0 Å². The van der Waals surface area contributed by atoms with Crippen LogP contribution in [0.5, 0.6) is 0 Å². The molecule has 0 unspecified atom stereocenters. The molecule has 7 heteroatoms. The van der Waals surface area contributed by atoms with Crippen LogP contribution >= 0.6 is 11.3 Å². The normalized spacial score (nSPS) is 10.0. The van der Waals surface area contributed by atoms with Gasteiger partial charge in [-0.2, -0.15) is 0 Å². The molecule has 0 fully saturated rings. The minimum absolute atomic E-state index is 0.269. The first-order valence-electron chi connectivity index (χ1n) is 6.14. The molecule has 2 aromatic rings. The number of benzene rings is 1. The molecule has 1 heterocycles. The number of thiophene rings is 1. The Labute approximate surface area is 126 Å². The summed E-state index contributed by atoms with van der Waals surface area (Å²) in [6, 6.07) is 10.4. The van der Waals surface area contributed by atoms with Gasteiger partial charge in [-0.1, -0.05) is 0 Å². The summed E-state index contributed by atoms with van der Waals surface area (Å²) in [6.07, 6.45) is 0. The lowest BCUT2D eigenvalue weighted by molar-refractivity contribution is 0.0711. The molecule has 1 aromatic heterocycles. The third kappa shape index (κ3) is 3.59. The van der Waals surface area contributed by atoms with E-state index in [0.717, 1.165) is 17.0 Å². The lowest BCUT2D eigenvalue weighted by Gasteiger charge is -2.12. The number of hydrogen-bond donors (Lipinski definition) is 3. The Bertz CT molecular complexity index is 650. The molecule has 0 saturated carbocycles. The van der Waals surface area contributed by atoms with Gasteiger partial charge in [0.25, 0.3) is 11.8 Å². The van der Waals surface area contributed by atoms with Crippen molar-refractivity contribution in [2.45, 2.75) is 0 Å². The number of carbonyl (C=O) groups excluding carboxylic acids is 2. The van der Waals surface area contributed by atoms with Crippen LogP contribution in [0.15, 0.2) is 36.4 Å². The van der Waals surface area contributed by atoms with Gasteiger partial charge in [0.2, 0.25) is 0 Å². The largest absolute Gasteiger partial charge is 0.378 e. The number of hydroxylamine groups is 1. The molecule has 0 aliphatic rings. The number of rotatable bonds is 4. The molecule has 0 aliphatic heterocycles. The van der Waals surface area contributed by atoms with E-state index in [9.17, 15) is 9.59 Å². The summed E-state index contributed by atoms with van der Waals surface area (Å²) in [5, 5.41) is 11.3. The monoisotopic (exact) mass is 305 g/mol. The Balaban J connectivity index is 2.07. The fraction of sp³-hybridized carbons (Fsp3) is 0.143. The Morgan fingerprint density at radius 2 is 1.57 bits per heavy atom. The Morgan fingerprint density at radius 3 is 2.10 bits per heavy atom. The van der Waals surface area contributed by atoms with Crippen LogP contribution in [0.3, 0.4) is 0 Å². The van der Waals surface area contributed by atoms with Crippen LogP contribution in [0.25, 0.3) is 0 Å². The predicted octanol–water partition coefficient (Wildman–Crippen LogP) is 2.19. The number of amides is 2. The average Bonchev–Trinajstić information content (AvgIpc) is 2.97. The fourth-order valence-corrected chi connectivity index (χ4v) is 2.46. The van der Waals surface area contributed by atoms with E-state index < -0.39 is 5.91 Å². The molecule has 21 heavy (non-hydrogen) atoms. The number of nitrogens with zero attached hydrogens (tertiary/aromatic N) is 1. The second kappa shape index (κ2) is 6.38. The van der Waals surface area contributed by atoms with Gasteiger partial charge in [-0.15, -0.1) is 11.3 Å². The lowest BCUT2D eigenvalue weighted by Crippen LogP contribution is -2.17. The maximum atomic E-state index is 12.1. The SMILES string of the molecule is CN(C)c1ccc(NC(=O)c2ccc(C(=O)NO)s2)cc1. The molecule has 0 saturated heterocycles. The van der Waals surface area contributed by atoms with Crippen LogP contribution in [0.4, 0.5) is 11.4 Å². The number of carbonyl (C=O) groups is 2. The van der Waals surface area contributed by atoms with Crippen molar-refractivity contribution >= 4 is 34.5 Å². The highest BCUT2D eigenvalue weighted by Gasteiger charge is 2.13. The van der Waals surface area contributed by atoms with Crippen molar-refractivity contribution in [3.05, 3.63) is 46.2 Å². The quantitative estimate of drug-likeness (QED) is 0.597. The first-order valence-corrected chi connectivity index (χ1v) is 6.96. The fourth-order valence-electron chi connectivity index (χ4n) is 1.67. The van der Waals surface area contributed by atoms with Gasteiger partial charge in [0.1, 0.15) is 0 Å². The van der Waals surface area contributed by atoms with Gasteiger partial charge >= 0.3 is 0 Å². The topological polar surface area (TPSA) is 81.7 Å². The van der Waals surface area contributed by atoms with Gasteiger partial charge in [0, 0.05) is 25.5 Å². The molecule has 110 valence electrons. The average molecular weight is 305 g/mol. The molecule has 0 bridgehead atoms. The van der Waals surface area contributed by atoms with Gasteiger partial charge < -0.3 is 10.2 Å². The number of hydrogen-bond acceptors (Lipinski definition) is 5. The summed E-state index contributed by atoms with van der Waals surface area (Å²) < 4.78 is 0. The van der Waals surface area contributed by atoms with Crippen molar-refractivity contribution < 1.29 is 14.8 Å². The molecule has 3 N–H and O–H groups in total. The van der Waals surface area contributed by atoms with Gasteiger partial charge in [-0.05, 0) is 36.4 Å². The maximum absolute atomic E-state index is 12.1. The molecule has 0 aliphatic carbocycles. The van der Waals surface area contributed by atoms with Crippen molar-refractivity contribution in [2.75, 3.05) is 24.3 Å². The molecule has 1 aromatic carbocycles. The van der Waals surface area contributed by atoms with E-state index in [2.05, 4.69) is 5.32 Å². The molecule has 6 nitrogen and oxygen atoms in total. The zero-order valence-corrected chi connectivity index (χ0v) is 12.4. The van der Waals surface area contributed by atoms with E-state index in [0.29, 0.717) is 10.6 Å². The summed E-state index contributed by atoms with van der Waals surface area (Å²) in [7, 11) is 3.87. The summed E-state index contributed by atoms with van der Waals surface area (Å²) in [4.78, 5) is 25.9. The maximum Gasteiger partial charge on any atom is 0.284 e. The molecule has 0 radical (unpaired) electrons. The van der Waals surface area contributed by atoms with Crippen molar-refractivity contribution in [2.24, 2.45) is 0 Å². The highest BCUT2D eigenvalue weighted by atomic mass is 32.1. The van der Waals surface area contributed by atoms with Gasteiger partial charge in [-0.3, -0.25) is 14.8 Å². The van der Waals surface area contributed by atoms with E-state index in [1.165, 1.54) is 11.5 Å². The predicted molar refractivity (Wildman–Crippen MR) is 82.3 cm³/mol. The van der Waals surface area contributed by atoms with Gasteiger partial charge in [-0.25, -0.2) is 5.48 Å². The van der Waals surface area contributed by atoms with Crippen LogP contribution < -0.4 is 15.7 Å². The van der Waals surface area contributed by atoms with Crippen LogP contribution in [0.1, 0.15) is 19.3 Å². The molecule has 0 atom stereocenters. The number of anilines is 2. The van der Waals surface area contributed by atoms with E-state index in [1.807, 2.05) is 43.3 Å². The molecule has 2 rings (SSSR count). The van der Waals surface area contributed by atoms with Crippen molar-refractivity contribution in [1.29, 1.82) is 0 Å². The third-order valence-corrected chi connectivity index (χ3v) is 3.88. The van der Waals surface area contributed by atoms with E-state index in [1.54, 1.807) is 6.07 Å². The lowest BCUT2D eigenvalue weighted by atomic mass is 10.2. The van der Waals surface area contributed by atoms with Crippen LogP contribution in [0, 0.1) is 0 Å². The Kier molecular flexibility index (Phi) is 4.56. The second-order valence-corrected chi connectivity index (χ2v) is 5.58. The van der Waals surface area contributed by atoms with Crippen LogP contribution in [-0.4, -0.2) is 31.1 Å². The zero-order valence-electron chi connectivity index (χ0n) is 11.6. The summed E-state index contributed by atoms with van der Waals surface area (Å²) in [6.45, 7) is 0. The van der Waals surface area contributed by atoms with Crippen LogP contribution in [-0.2, 0) is 0 Å². The van der Waals surface area contributed by atoms with Gasteiger partial charge in [0.15, 0.2) is 0 Å². The summed E-state index contributed by atoms with van der Waals surface area (Å²) >= 11 is 1.01. The smallest absolute Gasteiger partial charge is 0.284 e. The Morgan fingerprint density at radius 1 is 1.00 bits per heavy atom. The standard InChI is InChI=1S/C14H15N3O3S/c1-17(2)10-5-3-9(4-6-10)15-13(18)11-7-8-12(21-11)14(19)16-20/h3-8,20H,1-2H3,(H,15,18)(H,16,19). The number of nitrogens with one attached hydrogen (secondary N) is 2. The van der Waals surface area contributed by atoms with E-state index >= 15 is 0 Å². The van der Waals surface area contributed by atoms with Gasteiger partial charge in [0.05, 0.1) is 9.75 Å². The first kappa shape index (κ1) is 15.0. The highest BCUT2D eigenvalue weighted by molar-refractivity contribution is 7.16. The van der Waals surface area contributed by atoms with E-state index in [-0.39, 0.29) is 10.8 Å². The summed E-state index contributed by atoms with van der Waals surface area (Å²) in [5.74, 6) is -0.927. The molecule has 2 amide bonds. The molecular weight excluding hydrogens is 290 g/mol. The van der Waals surface area contributed by atoms with E-state index in [4.69, 9.17) is 5.21 Å². The minimum atomic E-state index is -0.630. The van der Waals surface area contributed by atoms with Crippen molar-refractivity contribution in [3.8, 4) is 0 Å². The minimum Gasteiger partial charge on any atom is -0.378 e. The van der Waals surface area contributed by atoms with Crippen LogP contribution in [0.2, 0.25) is 0 Å². The molecular formula is C14H15N3O3S. The molecule has 0 spiro atoms.